The number of pyridine rings is 1. The van der Waals surface area contributed by atoms with E-state index in [0.29, 0.717) is 5.69 Å². The van der Waals surface area contributed by atoms with Crippen molar-refractivity contribution in [1.29, 1.82) is 0 Å². The van der Waals surface area contributed by atoms with Crippen LogP contribution in [0.4, 0.5) is 10.1 Å². The number of nitrogen functional groups attached to an aromatic ring is 1. The highest BCUT2D eigenvalue weighted by Gasteiger charge is 2.11. The molecule has 1 amide bonds. The summed E-state index contributed by atoms with van der Waals surface area (Å²) >= 11 is 0. The topological polar surface area (TPSA) is 105 Å². The SMILES string of the molecule is Nc1ccc(F)cc1C(=O)NCc1cc(C(=O)O)ccn1. The quantitative estimate of drug-likeness (QED) is 0.738. The second-order valence-electron chi connectivity index (χ2n) is 4.26. The molecule has 0 unspecified atom stereocenters. The lowest BCUT2D eigenvalue weighted by Gasteiger charge is -2.07. The van der Waals surface area contributed by atoms with E-state index in [1.165, 1.54) is 24.4 Å². The van der Waals surface area contributed by atoms with Crippen molar-refractivity contribution in [2.75, 3.05) is 5.73 Å². The molecule has 2 rings (SSSR count). The predicted octanol–water partition coefficient (Wildman–Crippen LogP) is 1.43. The molecule has 1 heterocycles. The van der Waals surface area contributed by atoms with E-state index in [9.17, 15) is 14.0 Å². The first-order valence-corrected chi connectivity index (χ1v) is 5.99. The summed E-state index contributed by atoms with van der Waals surface area (Å²) in [6.07, 6.45) is 1.33. The van der Waals surface area contributed by atoms with Gasteiger partial charge in [0.15, 0.2) is 0 Å². The van der Waals surface area contributed by atoms with E-state index in [2.05, 4.69) is 10.3 Å². The van der Waals surface area contributed by atoms with Gasteiger partial charge < -0.3 is 16.2 Å². The number of aromatic carboxylic acids is 1. The van der Waals surface area contributed by atoms with Crippen LogP contribution in [0.1, 0.15) is 26.4 Å². The van der Waals surface area contributed by atoms with Gasteiger partial charge in [0.25, 0.3) is 5.91 Å². The molecule has 0 aliphatic carbocycles. The number of aromatic nitrogens is 1. The van der Waals surface area contributed by atoms with Crippen LogP contribution >= 0.6 is 0 Å². The van der Waals surface area contributed by atoms with Crippen LogP contribution in [0, 0.1) is 5.82 Å². The average Bonchev–Trinajstić information content (AvgIpc) is 2.47. The van der Waals surface area contributed by atoms with Gasteiger partial charge in [0.2, 0.25) is 0 Å². The van der Waals surface area contributed by atoms with Gasteiger partial charge in [-0.3, -0.25) is 9.78 Å². The van der Waals surface area contributed by atoms with Crippen molar-refractivity contribution in [2.24, 2.45) is 0 Å². The minimum Gasteiger partial charge on any atom is -0.478 e. The molecule has 0 bridgehead atoms. The molecule has 0 aliphatic heterocycles. The highest BCUT2D eigenvalue weighted by molar-refractivity contribution is 5.99. The molecule has 0 aliphatic rings. The van der Waals surface area contributed by atoms with Crippen LogP contribution in [0.2, 0.25) is 0 Å². The Bertz CT molecular complexity index is 704. The van der Waals surface area contributed by atoms with Gasteiger partial charge in [-0.05, 0) is 30.3 Å². The molecule has 0 saturated heterocycles. The number of amides is 1. The van der Waals surface area contributed by atoms with Crippen LogP contribution in [0.3, 0.4) is 0 Å². The van der Waals surface area contributed by atoms with E-state index in [1.54, 1.807) is 0 Å². The van der Waals surface area contributed by atoms with Crippen molar-refractivity contribution < 1.29 is 19.1 Å². The van der Waals surface area contributed by atoms with Gasteiger partial charge in [0.1, 0.15) is 5.82 Å². The predicted molar refractivity (Wildman–Crippen MR) is 73.2 cm³/mol. The normalized spacial score (nSPS) is 10.1. The molecule has 0 fully saturated rings. The van der Waals surface area contributed by atoms with Gasteiger partial charge in [-0.2, -0.15) is 0 Å². The Balaban J connectivity index is 2.09. The fourth-order valence-corrected chi connectivity index (χ4v) is 1.70. The minimum atomic E-state index is -1.08. The zero-order valence-corrected chi connectivity index (χ0v) is 10.8. The van der Waals surface area contributed by atoms with Crippen molar-refractivity contribution >= 4 is 17.6 Å². The van der Waals surface area contributed by atoms with E-state index in [-0.39, 0.29) is 23.4 Å². The standard InChI is InChI=1S/C14H12FN3O3/c15-9-1-2-12(16)11(6-9)13(19)18-7-10-5-8(14(20)21)3-4-17-10/h1-6H,7,16H2,(H,18,19)(H,20,21). The van der Waals surface area contributed by atoms with Gasteiger partial charge in [0.05, 0.1) is 23.4 Å². The summed E-state index contributed by atoms with van der Waals surface area (Å²) in [5.41, 5.74) is 6.22. The summed E-state index contributed by atoms with van der Waals surface area (Å²) in [6, 6.07) is 6.18. The van der Waals surface area contributed by atoms with Crippen molar-refractivity contribution in [2.45, 2.75) is 6.54 Å². The number of rotatable bonds is 4. The van der Waals surface area contributed by atoms with Crippen LogP contribution in [-0.2, 0) is 6.54 Å². The second kappa shape index (κ2) is 6.00. The summed E-state index contributed by atoms with van der Waals surface area (Å²) in [5.74, 6) is -2.21. The molecule has 2 aromatic rings. The molecule has 4 N–H and O–H groups in total. The summed E-state index contributed by atoms with van der Waals surface area (Å²) in [4.78, 5) is 26.7. The van der Waals surface area contributed by atoms with Gasteiger partial charge in [-0.1, -0.05) is 0 Å². The van der Waals surface area contributed by atoms with Crippen molar-refractivity contribution in [3.05, 3.63) is 59.2 Å². The highest BCUT2D eigenvalue weighted by Crippen LogP contribution is 2.13. The summed E-state index contributed by atoms with van der Waals surface area (Å²) in [5, 5.41) is 11.4. The average molecular weight is 289 g/mol. The molecular formula is C14H12FN3O3. The van der Waals surface area contributed by atoms with Gasteiger partial charge in [0, 0.05) is 11.9 Å². The fraction of sp³-hybridized carbons (Fsp3) is 0.0714. The fourth-order valence-electron chi connectivity index (χ4n) is 1.70. The Morgan fingerprint density at radius 1 is 1.29 bits per heavy atom. The number of anilines is 1. The lowest BCUT2D eigenvalue weighted by atomic mass is 10.1. The Hall–Kier alpha value is -2.96. The Kier molecular flexibility index (Phi) is 4.13. The van der Waals surface area contributed by atoms with Crippen LogP contribution in [-0.4, -0.2) is 22.0 Å². The number of carbonyl (C=O) groups is 2. The summed E-state index contributed by atoms with van der Waals surface area (Å²) < 4.78 is 13.1. The molecule has 1 aromatic carbocycles. The van der Waals surface area contributed by atoms with E-state index < -0.39 is 17.7 Å². The number of benzene rings is 1. The molecule has 7 heteroatoms. The van der Waals surface area contributed by atoms with Crippen LogP contribution in [0.15, 0.2) is 36.5 Å². The lowest BCUT2D eigenvalue weighted by Crippen LogP contribution is -2.24. The number of nitrogens with zero attached hydrogens (tertiary/aromatic N) is 1. The number of halogens is 1. The first-order valence-electron chi connectivity index (χ1n) is 5.99. The number of carbonyl (C=O) groups excluding carboxylic acids is 1. The molecule has 0 radical (unpaired) electrons. The molecule has 0 spiro atoms. The molecule has 0 atom stereocenters. The molecule has 108 valence electrons. The van der Waals surface area contributed by atoms with E-state index >= 15 is 0 Å². The van der Waals surface area contributed by atoms with E-state index in [0.717, 1.165) is 12.1 Å². The molecule has 21 heavy (non-hydrogen) atoms. The number of hydrogen-bond donors (Lipinski definition) is 3. The number of carboxylic acid groups (broad SMARTS) is 1. The number of hydrogen-bond acceptors (Lipinski definition) is 4. The highest BCUT2D eigenvalue weighted by atomic mass is 19.1. The Morgan fingerprint density at radius 2 is 2.05 bits per heavy atom. The molecule has 1 aromatic heterocycles. The zero-order chi connectivity index (χ0) is 15.4. The Morgan fingerprint density at radius 3 is 2.76 bits per heavy atom. The zero-order valence-electron chi connectivity index (χ0n) is 10.8. The van der Waals surface area contributed by atoms with Gasteiger partial charge >= 0.3 is 5.97 Å². The van der Waals surface area contributed by atoms with Crippen LogP contribution in [0.5, 0.6) is 0 Å². The smallest absolute Gasteiger partial charge is 0.335 e. The second-order valence-corrected chi connectivity index (χ2v) is 4.26. The maximum atomic E-state index is 13.1. The number of nitrogens with two attached hydrogens (primary N) is 1. The molecule has 0 saturated carbocycles. The lowest BCUT2D eigenvalue weighted by molar-refractivity contribution is 0.0696. The maximum Gasteiger partial charge on any atom is 0.335 e. The first kappa shape index (κ1) is 14.4. The molecular weight excluding hydrogens is 277 g/mol. The van der Waals surface area contributed by atoms with Crippen molar-refractivity contribution in [3.63, 3.8) is 0 Å². The molecule has 6 nitrogen and oxygen atoms in total. The number of carboxylic acids is 1. The number of nitrogens with one attached hydrogen (secondary N) is 1. The van der Waals surface area contributed by atoms with Gasteiger partial charge in [-0.25, -0.2) is 9.18 Å². The van der Waals surface area contributed by atoms with Crippen LogP contribution < -0.4 is 11.1 Å². The minimum absolute atomic E-state index is 0.00983. The van der Waals surface area contributed by atoms with E-state index in [4.69, 9.17) is 10.8 Å². The van der Waals surface area contributed by atoms with Gasteiger partial charge in [-0.15, -0.1) is 0 Å². The summed E-state index contributed by atoms with van der Waals surface area (Å²) in [7, 11) is 0. The monoisotopic (exact) mass is 289 g/mol. The van der Waals surface area contributed by atoms with E-state index in [1.807, 2.05) is 0 Å². The van der Waals surface area contributed by atoms with Crippen LogP contribution in [0.25, 0.3) is 0 Å². The largest absolute Gasteiger partial charge is 0.478 e. The first-order chi connectivity index (χ1) is 9.97. The third kappa shape index (κ3) is 3.53. The maximum absolute atomic E-state index is 13.1. The third-order valence-electron chi connectivity index (χ3n) is 2.75. The van der Waals surface area contributed by atoms with Crippen molar-refractivity contribution in [3.8, 4) is 0 Å². The third-order valence-corrected chi connectivity index (χ3v) is 2.75. The Labute approximate surface area is 119 Å². The summed E-state index contributed by atoms with van der Waals surface area (Å²) in [6.45, 7) is 0.00983. The van der Waals surface area contributed by atoms with Crippen molar-refractivity contribution in [1.82, 2.24) is 10.3 Å².